The second-order valence-corrected chi connectivity index (χ2v) is 6.15. The molecule has 3 N–H and O–H groups in total. The molecule has 0 atom stereocenters. The molecular weight excluding hydrogens is 310 g/mol. The van der Waals surface area contributed by atoms with Gasteiger partial charge in [0.25, 0.3) is 5.91 Å². The third kappa shape index (κ3) is 4.46. The highest BCUT2D eigenvalue weighted by Gasteiger charge is 2.38. The van der Waals surface area contributed by atoms with Gasteiger partial charge in [0.2, 0.25) is 5.91 Å². The Hall–Kier alpha value is -2.12. The highest BCUT2D eigenvalue weighted by atomic mass is 16.5. The van der Waals surface area contributed by atoms with Crippen LogP contribution in [0.4, 0.5) is 5.69 Å². The second-order valence-electron chi connectivity index (χ2n) is 6.15. The fourth-order valence-corrected chi connectivity index (χ4v) is 2.46. The fourth-order valence-electron chi connectivity index (χ4n) is 2.46. The van der Waals surface area contributed by atoms with E-state index in [9.17, 15) is 9.59 Å². The number of hydrogen-bond acceptors (Lipinski definition) is 5. The number of rotatable bonds is 6. The number of nitrogens with one attached hydrogen (secondary N) is 1. The van der Waals surface area contributed by atoms with Crippen LogP contribution in [0.15, 0.2) is 24.3 Å². The van der Waals surface area contributed by atoms with Crippen molar-refractivity contribution in [2.75, 3.05) is 45.8 Å². The van der Waals surface area contributed by atoms with Gasteiger partial charge >= 0.3 is 0 Å². The van der Waals surface area contributed by atoms with Gasteiger partial charge in [-0.2, -0.15) is 0 Å². The van der Waals surface area contributed by atoms with E-state index >= 15 is 0 Å². The molecule has 0 saturated carbocycles. The molecule has 1 aliphatic rings. The topological polar surface area (TPSA) is 93.9 Å². The molecule has 0 spiro atoms. The van der Waals surface area contributed by atoms with Crippen molar-refractivity contribution in [1.29, 1.82) is 0 Å². The van der Waals surface area contributed by atoms with Crippen LogP contribution in [0.1, 0.15) is 12.8 Å². The molecule has 0 aliphatic carbocycles. The summed E-state index contributed by atoms with van der Waals surface area (Å²) in [6.45, 7) is 1.39. The van der Waals surface area contributed by atoms with Crippen molar-refractivity contribution >= 4 is 17.5 Å². The minimum Gasteiger partial charge on any atom is -0.484 e. The van der Waals surface area contributed by atoms with Gasteiger partial charge in [0.1, 0.15) is 5.75 Å². The molecule has 1 fully saturated rings. The Labute approximate surface area is 142 Å². The Morgan fingerprint density at radius 2 is 1.88 bits per heavy atom. The lowest BCUT2D eigenvalue weighted by Crippen LogP contribution is -2.46. The van der Waals surface area contributed by atoms with Gasteiger partial charge in [0.05, 0.1) is 5.41 Å². The average molecular weight is 335 g/mol. The van der Waals surface area contributed by atoms with Gasteiger partial charge in [-0.05, 0) is 37.1 Å². The number of anilines is 1. The number of benzene rings is 1. The smallest absolute Gasteiger partial charge is 0.259 e. The lowest BCUT2D eigenvalue weighted by Gasteiger charge is -2.34. The molecule has 0 radical (unpaired) electrons. The van der Waals surface area contributed by atoms with E-state index in [0.29, 0.717) is 44.0 Å². The van der Waals surface area contributed by atoms with Gasteiger partial charge in [-0.1, -0.05) is 0 Å². The fraction of sp³-hybridized carbons (Fsp3) is 0.529. The summed E-state index contributed by atoms with van der Waals surface area (Å²) in [4.78, 5) is 25.5. The molecule has 2 rings (SSSR count). The van der Waals surface area contributed by atoms with Crippen LogP contribution < -0.4 is 15.8 Å². The molecule has 1 aromatic carbocycles. The van der Waals surface area contributed by atoms with E-state index in [1.165, 1.54) is 4.90 Å². The van der Waals surface area contributed by atoms with Crippen molar-refractivity contribution in [1.82, 2.24) is 4.90 Å². The van der Waals surface area contributed by atoms with Crippen LogP contribution in [-0.2, 0) is 14.3 Å². The number of amides is 2. The summed E-state index contributed by atoms with van der Waals surface area (Å²) in [5.74, 6) is 0.379. The maximum atomic E-state index is 12.6. The van der Waals surface area contributed by atoms with Gasteiger partial charge in [0, 0.05) is 39.5 Å². The van der Waals surface area contributed by atoms with Crippen LogP contribution in [0.25, 0.3) is 0 Å². The third-order valence-corrected chi connectivity index (χ3v) is 4.30. The van der Waals surface area contributed by atoms with Crippen LogP contribution >= 0.6 is 0 Å². The molecule has 0 unspecified atom stereocenters. The number of carbonyl (C=O) groups excluding carboxylic acids is 2. The summed E-state index contributed by atoms with van der Waals surface area (Å²) < 4.78 is 10.7. The first-order valence-corrected chi connectivity index (χ1v) is 7.99. The SMILES string of the molecule is CN(C)C(=O)COc1ccc(NC(=O)C2(CN)CCOCC2)cc1. The quantitative estimate of drug-likeness (QED) is 0.804. The van der Waals surface area contributed by atoms with E-state index in [-0.39, 0.29) is 18.4 Å². The normalized spacial score (nSPS) is 16.3. The van der Waals surface area contributed by atoms with Crippen molar-refractivity contribution in [3.63, 3.8) is 0 Å². The van der Waals surface area contributed by atoms with Crippen molar-refractivity contribution in [2.45, 2.75) is 12.8 Å². The number of likely N-dealkylation sites (N-methyl/N-ethyl adjacent to an activating group) is 1. The Bertz CT molecular complexity index is 566. The van der Waals surface area contributed by atoms with Crippen molar-refractivity contribution < 1.29 is 19.1 Å². The largest absolute Gasteiger partial charge is 0.484 e. The van der Waals surface area contributed by atoms with Crippen molar-refractivity contribution in [2.24, 2.45) is 11.1 Å². The molecule has 1 saturated heterocycles. The zero-order valence-electron chi connectivity index (χ0n) is 14.2. The zero-order valence-corrected chi connectivity index (χ0v) is 14.2. The van der Waals surface area contributed by atoms with Crippen LogP contribution in [0.5, 0.6) is 5.75 Å². The lowest BCUT2D eigenvalue weighted by molar-refractivity contribution is -0.131. The Morgan fingerprint density at radius 1 is 1.25 bits per heavy atom. The molecule has 2 amide bonds. The molecule has 132 valence electrons. The summed E-state index contributed by atoms with van der Waals surface area (Å²) in [7, 11) is 3.35. The van der Waals surface area contributed by atoms with Crippen molar-refractivity contribution in [3.05, 3.63) is 24.3 Å². The van der Waals surface area contributed by atoms with Crippen LogP contribution in [-0.4, -0.2) is 57.2 Å². The maximum Gasteiger partial charge on any atom is 0.259 e. The van der Waals surface area contributed by atoms with E-state index in [1.807, 2.05) is 0 Å². The second kappa shape index (κ2) is 8.12. The van der Waals surface area contributed by atoms with Gasteiger partial charge in [0.15, 0.2) is 6.61 Å². The first kappa shape index (κ1) is 18.2. The maximum absolute atomic E-state index is 12.6. The van der Waals surface area contributed by atoms with Gasteiger partial charge < -0.3 is 25.4 Å². The van der Waals surface area contributed by atoms with Crippen LogP contribution in [0, 0.1) is 5.41 Å². The first-order valence-electron chi connectivity index (χ1n) is 7.99. The highest BCUT2D eigenvalue weighted by Crippen LogP contribution is 2.31. The number of hydrogen-bond donors (Lipinski definition) is 2. The number of nitrogens with zero attached hydrogens (tertiary/aromatic N) is 1. The molecule has 1 aromatic rings. The monoisotopic (exact) mass is 335 g/mol. The van der Waals surface area contributed by atoms with Gasteiger partial charge in [-0.25, -0.2) is 0 Å². The Balaban J connectivity index is 1.93. The summed E-state index contributed by atoms with van der Waals surface area (Å²) in [6, 6.07) is 6.93. The summed E-state index contributed by atoms with van der Waals surface area (Å²) in [6.07, 6.45) is 1.26. The van der Waals surface area contributed by atoms with E-state index < -0.39 is 5.41 Å². The summed E-state index contributed by atoms with van der Waals surface area (Å²) in [5.41, 5.74) is 5.94. The Morgan fingerprint density at radius 3 is 2.42 bits per heavy atom. The lowest BCUT2D eigenvalue weighted by atomic mass is 9.79. The molecule has 0 aromatic heterocycles. The minimum absolute atomic E-state index is 0.0189. The predicted molar refractivity (Wildman–Crippen MR) is 90.8 cm³/mol. The van der Waals surface area contributed by atoms with E-state index in [4.69, 9.17) is 15.2 Å². The Kier molecular flexibility index (Phi) is 6.16. The summed E-state index contributed by atoms with van der Waals surface area (Å²) in [5, 5.41) is 2.91. The first-order chi connectivity index (χ1) is 11.5. The van der Waals surface area contributed by atoms with E-state index in [2.05, 4.69) is 5.32 Å². The number of nitrogens with two attached hydrogens (primary N) is 1. The van der Waals surface area contributed by atoms with Crippen LogP contribution in [0.2, 0.25) is 0 Å². The highest BCUT2D eigenvalue weighted by molar-refractivity contribution is 5.95. The predicted octanol–water partition coefficient (Wildman–Crippen LogP) is 0.848. The van der Waals surface area contributed by atoms with Crippen LogP contribution in [0.3, 0.4) is 0 Å². The molecule has 7 heteroatoms. The van der Waals surface area contributed by atoms with Gasteiger partial charge in [-0.3, -0.25) is 9.59 Å². The zero-order chi connectivity index (χ0) is 17.6. The number of carbonyl (C=O) groups is 2. The molecule has 1 heterocycles. The standard InChI is InChI=1S/C17H25N3O4/c1-20(2)15(21)11-24-14-5-3-13(4-6-14)19-16(22)17(12-18)7-9-23-10-8-17/h3-6H,7-12,18H2,1-2H3,(H,19,22). The molecule has 24 heavy (non-hydrogen) atoms. The number of ether oxygens (including phenoxy) is 2. The van der Waals surface area contributed by atoms with Crippen molar-refractivity contribution in [3.8, 4) is 5.75 Å². The molecule has 1 aliphatic heterocycles. The van der Waals surface area contributed by atoms with E-state index in [1.54, 1.807) is 38.4 Å². The molecular formula is C17H25N3O4. The van der Waals surface area contributed by atoms with Gasteiger partial charge in [-0.15, -0.1) is 0 Å². The van der Waals surface area contributed by atoms with E-state index in [0.717, 1.165) is 0 Å². The third-order valence-electron chi connectivity index (χ3n) is 4.30. The molecule has 7 nitrogen and oxygen atoms in total. The molecule has 0 bridgehead atoms. The summed E-state index contributed by atoms with van der Waals surface area (Å²) >= 11 is 0. The minimum atomic E-state index is -0.564. The average Bonchev–Trinajstić information content (AvgIpc) is 2.61.